The van der Waals surface area contributed by atoms with Gasteiger partial charge in [-0.05, 0) is 67.7 Å². The van der Waals surface area contributed by atoms with Crippen molar-refractivity contribution in [2.24, 2.45) is 0 Å². The highest BCUT2D eigenvalue weighted by Gasteiger charge is 2.13. The molecule has 2 aromatic rings. The average molecular weight is 349 g/mol. The number of rotatable bonds is 5. The van der Waals surface area contributed by atoms with Crippen LogP contribution in [0.2, 0.25) is 0 Å². The summed E-state index contributed by atoms with van der Waals surface area (Å²) in [6.07, 6.45) is 6.96. The molecule has 1 N–H and O–H groups in total. The smallest absolute Gasteiger partial charge is 0.262 e. The van der Waals surface area contributed by atoms with Gasteiger partial charge in [0.2, 0.25) is 0 Å². The van der Waals surface area contributed by atoms with E-state index in [4.69, 9.17) is 4.42 Å². The van der Waals surface area contributed by atoms with Crippen LogP contribution in [0, 0.1) is 18.3 Å². The second-order valence-electron chi connectivity index (χ2n) is 6.52. The molecule has 0 radical (unpaired) electrons. The van der Waals surface area contributed by atoms with E-state index in [1.54, 1.807) is 24.5 Å². The number of nitrogens with zero attached hydrogens (tertiary/aromatic N) is 2. The summed E-state index contributed by atoms with van der Waals surface area (Å²) in [5, 5.41) is 12.1. The second kappa shape index (κ2) is 8.39. The van der Waals surface area contributed by atoms with Crippen LogP contribution in [0.4, 0.5) is 5.69 Å². The molecule has 1 aliphatic heterocycles. The summed E-state index contributed by atoms with van der Waals surface area (Å²) in [6, 6.07) is 11.7. The van der Waals surface area contributed by atoms with Gasteiger partial charge in [0.15, 0.2) is 0 Å². The van der Waals surface area contributed by atoms with E-state index in [1.807, 2.05) is 19.1 Å². The van der Waals surface area contributed by atoms with Crippen LogP contribution in [0.15, 0.2) is 46.6 Å². The molecule has 134 valence electrons. The molecule has 0 spiro atoms. The maximum atomic E-state index is 12.2. The Hall–Kier alpha value is -3.00. The molecular formula is C21H23N3O2. The maximum Gasteiger partial charge on any atom is 0.262 e. The minimum atomic E-state index is -0.400. The largest absolute Gasteiger partial charge is 0.467 e. The first-order chi connectivity index (χ1) is 12.7. The fourth-order valence-electron chi connectivity index (χ4n) is 3.15. The highest BCUT2D eigenvalue weighted by Crippen LogP contribution is 2.24. The number of anilines is 1. The molecule has 26 heavy (non-hydrogen) atoms. The van der Waals surface area contributed by atoms with Gasteiger partial charge in [0.25, 0.3) is 5.91 Å². The monoisotopic (exact) mass is 349 g/mol. The molecule has 3 rings (SSSR count). The Morgan fingerprint density at radius 1 is 1.31 bits per heavy atom. The molecule has 0 atom stereocenters. The molecule has 1 aromatic heterocycles. The number of carbonyl (C=O) groups excluding carboxylic acids is 1. The molecule has 1 aromatic carbocycles. The third-order valence-electron chi connectivity index (χ3n) is 4.64. The molecule has 5 heteroatoms. The van der Waals surface area contributed by atoms with E-state index < -0.39 is 5.91 Å². The second-order valence-corrected chi connectivity index (χ2v) is 6.52. The van der Waals surface area contributed by atoms with Gasteiger partial charge >= 0.3 is 0 Å². The van der Waals surface area contributed by atoms with Gasteiger partial charge in [-0.25, -0.2) is 0 Å². The predicted molar refractivity (Wildman–Crippen MR) is 101 cm³/mol. The normalized spacial score (nSPS) is 14.8. The van der Waals surface area contributed by atoms with Gasteiger partial charge in [-0.3, -0.25) is 4.79 Å². The van der Waals surface area contributed by atoms with E-state index in [0.717, 1.165) is 24.2 Å². The number of nitriles is 1. The van der Waals surface area contributed by atoms with Crippen LogP contribution in [0.5, 0.6) is 0 Å². The highest BCUT2D eigenvalue weighted by molar-refractivity contribution is 6.01. The Morgan fingerprint density at radius 3 is 2.77 bits per heavy atom. The summed E-state index contributed by atoms with van der Waals surface area (Å²) in [7, 11) is 0. The van der Waals surface area contributed by atoms with Crippen molar-refractivity contribution in [3.8, 4) is 6.07 Å². The summed E-state index contributed by atoms with van der Waals surface area (Å²) in [6.45, 7) is 4.45. The number of piperidine rings is 1. The van der Waals surface area contributed by atoms with Crippen molar-refractivity contribution in [1.82, 2.24) is 5.32 Å². The van der Waals surface area contributed by atoms with Crippen molar-refractivity contribution in [3.05, 3.63) is 59.1 Å². The Kier molecular flexibility index (Phi) is 5.75. The van der Waals surface area contributed by atoms with Gasteiger partial charge in [-0.1, -0.05) is 6.07 Å². The summed E-state index contributed by atoms with van der Waals surface area (Å²) in [4.78, 5) is 14.6. The molecule has 2 heterocycles. The van der Waals surface area contributed by atoms with Crippen LogP contribution in [-0.2, 0) is 11.3 Å². The standard InChI is InChI=1S/C21H23N3O2/c1-16-12-19(24-9-3-2-4-10-24)8-7-17(16)13-18(14-22)21(25)23-15-20-6-5-11-26-20/h5-8,11-13H,2-4,9-10,15H2,1H3,(H,23,25). The van der Waals surface area contributed by atoms with Gasteiger partial charge < -0.3 is 14.6 Å². The van der Waals surface area contributed by atoms with Crippen LogP contribution >= 0.6 is 0 Å². The number of carbonyl (C=O) groups is 1. The predicted octanol–water partition coefficient (Wildman–Crippen LogP) is 3.80. The summed E-state index contributed by atoms with van der Waals surface area (Å²) < 4.78 is 5.18. The maximum absolute atomic E-state index is 12.2. The Balaban J connectivity index is 1.71. The van der Waals surface area contributed by atoms with Crippen LogP contribution in [0.25, 0.3) is 6.08 Å². The van der Waals surface area contributed by atoms with Crippen molar-refractivity contribution < 1.29 is 9.21 Å². The summed E-state index contributed by atoms with van der Waals surface area (Å²) in [5.74, 6) is 0.251. The zero-order valence-electron chi connectivity index (χ0n) is 15.0. The minimum Gasteiger partial charge on any atom is -0.467 e. The third kappa shape index (κ3) is 4.34. The van der Waals surface area contributed by atoms with Gasteiger partial charge in [-0.2, -0.15) is 5.26 Å². The molecule has 1 amide bonds. The fourth-order valence-corrected chi connectivity index (χ4v) is 3.15. The lowest BCUT2D eigenvalue weighted by molar-refractivity contribution is -0.117. The van der Waals surface area contributed by atoms with Crippen LogP contribution in [0.1, 0.15) is 36.1 Å². The number of amides is 1. The lowest BCUT2D eigenvalue weighted by Crippen LogP contribution is -2.29. The van der Waals surface area contributed by atoms with Gasteiger partial charge in [-0.15, -0.1) is 0 Å². The zero-order valence-corrected chi connectivity index (χ0v) is 15.0. The van der Waals surface area contributed by atoms with Crippen molar-refractivity contribution in [2.75, 3.05) is 18.0 Å². The summed E-state index contributed by atoms with van der Waals surface area (Å²) in [5.41, 5.74) is 3.24. The number of aryl methyl sites for hydroxylation is 1. The first-order valence-corrected chi connectivity index (χ1v) is 8.95. The average Bonchev–Trinajstić information content (AvgIpc) is 3.19. The SMILES string of the molecule is Cc1cc(N2CCCCC2)ccc1C=C(C#N)C(=O)NCc1ccco1. The lowest BCUT2D eigenvalue weighted by atomic mass is 10.0. The quantitative estimate of drug-likeness (QED) is 0.658. The van der Waals surface area contributed by atoms with E-state index >= 15 is 0 Å². The minimum absolute atomic E-state index is 0.0883. The number of furan rings is 1. The molecule has 1 aliphatic rings. The fraction of sp³-hybridized carbons (Fsp3) is 0.333. The van der Waals surface area contributed by atoms with Crippen molar-refractivity contribution in [1.29, 1.82) is 5.26 Å². The lowest BCUT2D eigenvalue weighted by Gasteiger charge is -2.29. The number of benzene rings is 1. The van der Waals surface area contributed by atoms with E-state index in [2.05, 4.69) is 22.3 Å². The van der Waals surface area contributed by atoms with Crippen LogP contribution < -0.4 is 10.2 Å². The van der Waals surface area contributed by atoms with Gasteiger partial charge in [0.1, 0.15) is 17.4 Å². The van der Waals surface area contributed by atoms with Gasteiger partial charge in [0, 0.05) is 18.8 Å². The molecule has 0 saturated carbocycles. The molecular weight excluding hydrogens is 326 g/mol. The molecule has 1 saturated heterocycles. The van der Waals surface area contributed by atoms with Crippen molar-refractivity contribution >= 4 is 17.7 Å². The first kappa shape index (κ1) is 17.8. The zero-order chi connectivity index (χ0) is 18.4. The molecule has 0 aliphatic carbocycles. The third-order valence-corrected chi connectivity index (χ3v) is 4.64. The van der Waals surface area contributed by atoms with E-state index in [0.29, 0.717) is 5.76 Å². The Morgan fingerprint density at radius 2 is 2.12 bits per heavy atom. The van der Waals surface area contributed by atoms with Crippen LogP contribution in [-0.4, -0.2) is 19.0 Å². The summed E-state index contributed by atoms with van der Waals surface area (Å²) >= 11 is 0. The topological polar surface area (TPSA) is 69.3 Å². The van der Waals surface area contributed by atoms with E-state index in [1.165, 1.54) is 24.9 Å². The van der Waals surface area contributed by atoms with Crippen molar-refractivity contribution in [3.63, 3.8) is 0 Å². The number of hydrogen-bond donors (Lipinski definition) is 1. The molecule has 1 fully saturated rings. The van der Waals surface area contributed by atoms with Crippen LogP contribution in [0.3, 0.4) is 0 Å². The van der Waals surface area contributed by atoms with Gasteiger partial charge in [0.05, 0.1) is 12.8 Å². The Bertz CT molecular complexity index is 825. The van der Waals surface area contributed by atoms with E-state index in [9.17, 15) is 10.1 Å². The number of nitrogens with one attached hydrogen (secondary N) is 1. The molecule has 0 unspecified atom stereocenters. The Labute approximate surface area is 153 Å². The highest BCUT2D eigenvalue weighted by atomic mass is 16.3. The molecule has 5 nitrogen and oxygen atoms in total. The van der Waals surface area contributed by atoms with Crippen molar-refractivity contribution in [2.45, 2.75) is 32.7 Å². The number of hydrogen-bond acceptors (Lipinski definition) is 4. The van der Waals surface area contributed by atoms with E-state index in [-0.39, 0.29) is 12.1 Å². The first-order valence-electron chi connectivity index (χ1n) is 8.95. The molecule has 0 bridgehead atoms.